The van der Waals surface area contributed by atoms with Crippen molar-refractivity contribution in [3.63, 3.8) is 0 Å². The van der Waals surface area contributed by atoms with Crippen molar-refractivity contribution < 1.29 is 4.79 Å². The summed E-state index contributed by atoms with van der Waals surface area (Å²) in [4.78, 5) is 16.3. The smallest absolute Gasteiger partial charge is 0.169 e. The zero-order chi connectivity index (χ0) is 13.0. The lowest BCUT2D eigenvalue weighted by atomic mass is 10.0. The van der Waals surface area contributed by atoms with Crippen LogP contribution >= 0.6 is 0 Å². The first-order chi connectivity index (χ1) is 8.68. The summed E-state index contributed by atoms with van der Waals surface area (Å²) in [5.74, 6) is 0.675. The fraction of sp³-hybridized carbons (Fsp3) is 0.200. The number of benzene rings is 1. The van der Waals surface area contributed by atoms with E-state index in [2.05, 4.69) is 10.3 Å². The van der Waals surface area contributed by atoms with Crippen molar-refractivity contribution in [2.75, 3.05) is 5.32 Å². The molecular weight excluding hydrogens is 224 g/mol. The summed E-state index contributed by atoms with van der Waals surface area (Å²) >= 11 is 0. The second-order valence-corrected chi connectivity index (χ2v) is 4.41. The highest BCUT2D eigenvalue weighted by atomic mass is 16.1. The topological polar surface area (TPSA) is 42.0 Å². The van der Waals surface area contributed by atoms with Crippen molar-refractivity contribution in [2.45, 2.75) is 13.8 Å². The zero-order valence-electron chi connectivity index (χ0n) is 10.6. The number of carbonyl (C=O) groups excluding carboxylic acids is 1. The van der Waals surface area contributed by atoms with E-state index in [9.17, 15) is 4.79 Å². The average Bonchev–Trinajstić information content (AvgIpc) is 2.39. The van der Waals surface area contributed by atoms with Gasteiger partial charge in [-0.25, -0.2) is 4.98 Å². The molecule has 92 valence electrons. The molecule has 3 nitrogen and oxygen atoms in total. The highest BCUT2D eigenvalue weighted by Gasteiger charge is 2.15. The number of rotatable bonds is 4. The molecule has 0 spiro atoms. The fourth-order valence-electron chi connectivity index (χ4n) is 1.67. The van der Waals surface area contributed by atoms with Crippen LogP contribution in [0.2, 0.25) is 0 Å². The van der Waals surface area contributed by atoms with Gasteiger partial charge >= 0.3 is 0 Å². The van der Waals surface area contributed by atoms with Crippen molar-refractivity contribution in [1.29, 1.82) is 0 Å². The van der Waals surface area contributed by atoms with Crippen molar-refractivity contribution in [1.82, 2.24) is 4.98 Å². The fourth-order valence-corrected chi connectivity index (χ4v) is 1.67. The number of anilines is 2. The minimum absolute atomic E-state index is 0.0366. The third-order valence-corrected chi connectivity index (χ3v) is 2.63. The lowest BCUT2D eigenvalue weighted by Gasteiger charge is -2.11. The molecule has 0 fully saturated rings. The zero-order valence-corrected chi connectivity index (χ0v) is 10.6. The van der Waals surface area contributed by atoms with Gasteiger partial charge in [-0.05, 0) is 24.3 Å². The van der Waals surface area contributed by atoms with Crippen molar-refractivity contribution in [3.05, 3.63) is 54.2 Å². The Morgan fingerprint density at radius 1 is 1.11 bits per heavy atom. The molecule has 2 rings (SSSR count). The second-order valence-electron chi connectivity index (χ2n) is 4.41. The number of aromatic nitrogens is 1. The summed E-state index contributed by atoms with van der Waals surface area (Å²) in [5, 5.41) is 3.18. The van der Waals surface area contributed by atoms with E-state index >= 15 is 0 Å². The molecule has 0 aliphatic carbocycles. The van der Waals surface area contributed by atoms with Crippen LogP contribution in [0.5, 0.6) is 0 Å². The van der Waals surface area contributed by atoms with Crippen molar-refractivity contribution in [2.24, 2.45) is 5.92 Å². The minimum atomic E-state index is -0.0366. The summed E-state index contributed by atoms with van der Waals surface area (Å²) in [6, 6.07) is 13.3. The first-order valence-electron chi connectivity index (χ1n) is 6.00. The number of Topliss-reactive ketones (excluding diaryl/α,β-unsaturated/α-hetero) is 1. The van der Waals surface area contributed by atoms with Crippen LogP contribution in [0.4, 0.5) is 11.5 Å². The van der Waals surface area contributed by atoms with E-state index < -0.39 is 0 Å². The maximum absolute atomic E-state index is 12.1. The first-order valence-corrected chi connectivity index (χ1v) is 6.00. The first kappa shape index (κ1) is 12.3. The van der Waals surface area contributed by atoms with Gasteiger partial charge in [0, 0.05) is 17.8 Å². The molecule has 0 atom stereocenters. The molecule has 0 saturated heterocycles. The Kier molecular flexibility index (Phi) is 3.72. The summed E-state index contributed by atoms with van der Waals surface area (Å²) in [6.07, 6.45) is 1.68. The van der Waals surface area contributed by atoms with Crippen LogP contribution in [0.1, 0.15) is 24.2 Å². The van der Waals surface area contributed by atoms with Crippen LogP contribution in [0, 0.1) is 5.92 Å². The molecule has 0 aliphatic rings. The Morgan fingerprint density at radius 2 is 1.83 bits per heavy atom. The van der Waals surface area contributed by atoms with Crippen LogP contribution in [0.15, 0.2) is 48.7 Å². The molecule has 18 heavy (non-hydrogen) atoms. The normalized spacial score (nSPS) is 10.4. The molecule has 1 aromatic carbocycles. The van der Waals surface area contributed by atoms with Crippen LogP contribution in [0.3, 0.4) is 0 Å². The van der Waals surface area contributed by atoms with Gasteiger partial charge in [0.2, 0.25) is 0 Å². The lowest BCUT2D eigenvalue weighted by molar-refractivity contribution is 0.0940. The predicted octanol–water partition coefficient (Wildman–Crippen LogP) is 3.66. The van der Waals surface area contributed by atoms with Gasteiger partial charge in [0.15, 0.2) is 5.78 Å². The molecule has 1 aromatic heterocycles. The number of nitrogens with one attached hydrogen (secondary N) is 1. The highest BCUT2D eigenvalue weighted by Crippen LogP contribution is 2.20. The number of carbonyl (C=O) groups is 1. The van der Waals surface area contributed by atoms with Gasteiger partial charge < -0.3 is 5.32 Å². The largest absolute Gasteiger partial charge is 0.340 e. The van der Waals surface area contributed by atoms with Crippen LogP contribution < -0.4 is 5.32 Å². The molecule has 0 unspecified atom stereocenters. The molecule has 0 aliphatic heterocycles. The number of ketones is 1. The monoisotopic (exact) mass is 240 g/mol. The summed E-state index contributed by atoms with van der Waals surface area (Å²) in [6.45, 7) is 3.78. The Hall–Kier alpha value is -2.16. The Balaban J connectivity index is 2.31. The maximum Gasteiger partial charge on any atom is 0.169 e. The van der Waals surface area contributed by atoms with E-state index in [0.717, 1.165) is 5.69 Å². The van der Waals surface area contributed by atoms with Gasteiger partial charge in [-0.2, -0.15) is 0 Å². The number of hydrogen-bond donors (Lipinski definition) is 1. The lowest BCUT2D eigenvalue weighted by Crippen LogP contribution is -2.11. The summed E-state index contributed by atoms with van der Waals surface area (Å²) < 4.78 is 0. The number of para-hydroxylation sites is 1. The molecule has 1 N–H and O–H groups in total. The van der Waals surface area contributed by atoms with Crippen LogP contribution in [0.25, 0.3) is 0 Å². The SMILES string of the molecule is CC(C)C(=O)c1cccnc1Nc1ccccc1. The third-order valence-electron chi connectivity index (χ3n) is 2.63. The molecule has 2 aromatic rings. The van der Waals surface area contributed by atoms with Gasteiger partial charge in [-0.15, -0.1) is 0 Å². The Labute approximate surface area is 107 Å². The molecule has 0 bridgehead atoms. The number of nitrogens with zero attached hydrogens (tertiary/aromatic N) is 1. The summed E-state index contributed by atoms with van der Waals surface area (Å²) in [5.41, 5.74) is 1.56. The van der Waals surface area contributed by atoms with Crippen LogP contribution in [-0.2, 0) is 0 Å². The maximum atomic E-state index is 12.1. The third kappa shape index (κ3) is 2.74. The van der Waals surface area contributed by atoms with E-state index in [-0.39, 0.29) is 11.7 Å². The highest BCUT2D eigenvalue weighted by molar-refractivity contribution is 6.02. The van der Waals surface area contributed by atoms with Gasteiger partial charge in [0.1, 0.15) is 5.82 Å². The average molecular weight is 240 g/mol. The van der Waals surface area contributed by atoms with E-state index in [4.69, 9.17) is 0 Å². The van der Waals surface area contributed by atoms with Gasteiger partial charge in [0.25, 0.3) is 0 Å². The van der Waals surface area contributed by atoms with E-state index in [1.54, 1.807) is 18.3 Å². The minimum Gasteiger partial charge on any atom is -0.340 e. The van der Waals surface area contributed by atoms with E-state index in [1.165, 1.54) is 0 Å². The molecular formula is C15H16N2O. The standard InChI is InChI=1S/C15H16N2O/c1-11(2)14(18)13-9-6-10-16-15(13)17-12-7-4-3-5-8-12/h3-11H,1-2H3,(H,16,17). The quantitative estimate of drug-likeness (QED) is 0.829. The second kappa shape index (κ2) is 5.45. The van der Waals surface area contributed by atoms with Gasteiger partial charge in [-0.1, -0.05) is 32.0 Å². The van der Waals surface area contributed by atoms with E-state index in [0.29, 0.717) is 11.4 Å². The molecule has 0 radical (unpaired) electrons. The number of hydrogen-bond acceptors (Lipinski definition) is 3. The van der Waals surface area contributed by atoms with Crippen molar-refractivity contribution >= 4 is 17.3 Å². The number of pyridine rings is 1. The Bertz CT molecular complexity index is 535. The Morgan fingerprint density at radius 3 is 2.50 bits per heavy atom. The molecule has 0 saturated carbocycles. The molecule has 3 heteroatoms. The van der Waals surface area contributed by atoms with Gasteiger partial charge in [0.05, 0.1) is 5.56 Å². The molecule has 1 heterocycles. The molecule has 0 amide bonds. The van der Waals surface area contributed by atoms with E-state index in [1.807, 2.05) is 44.2 Å². The van der Waals surface area contributed by atoms with Crippen molar-refractivity contribution in [3.8, 4) is 0 Å². The van der Waals surface area contributed by atoms with Crippen LogP contribution in [-0.4, -0.2) is 10.8 Å². The predicted molar refractivity (Wildman–Crippen MR) is 73.1 cm³/mol. The summed E-state index contributed by atoms with van der Waals surface area (Å²) in [7, 11) is 0. The van der Waals surface area contributed by atoms with Gasteiger partial charge in [-0.3, -0.25) is 4.79 Å².